The molecule has 2 aromatic rings. The Morgan fingerprint density at radius 1 is 1.27 bits per heavy atom. The van der Waals surface area contributed by atoms with Gasteiger partial charge in [0.2, 0.25) is 0 Å². The quantitative estimate of drug-likeness (QED) is 0.690. The standard InChI is InChI=1S/C22H25ClF2N4O/c1-13-12-16(6-9-26-13)27-21(30)17-14(2)18(23)19(15-4-3-5-15)28-20(17)29-10-7-22(24,25)8-11-29/h6,9,12,15H,3-5,7-8,10-11H2,1-2H3,(H,26,27,30). The van der Waals surface area contributed by atoms with E-state index in [9.17, 15) is 13.6 Å². The number of aromatic nitrogens is 2. The molecule has 1 aliphatic heterocycles. The Labute approximate surface area is 179 Å². The molecule has 2 aromatic heterocycles. The van der Waals surface area contributed by atoms with Gasteiger partial charge in [0, 0.05) is 49.4 Å². The fraction of sp³-hybridized carbons (Fsp3) is 0.500. The van der Waals surface area contributed by atoms with E-state index in [2.05, 4.69) is 10.3 Å². The van der Waals surface area contributed by atoms with E-state index >= 15 is 0 Å². The topological polar surface area (TPSA) is 58.1 Å². The van der Waals surface area contributed by atoms with Gasteiger partial charge in [0.1, 0.15) is 5.82 Å². The number of carbonyl (C=O) groups excluding carboxylic acids is 1. The lowest BCUT2D eigenvalue weighted by Crippen LogP contribution is -2.41. The van der Waals surface area contributed by atoms with Crippen molar-refractivity contribution < 1.29 is 13.6 Å². The number of rotatable bonds is 4. The number of hydrogen-bond acceptors (Lipinski definition) is 4. The molecular weight excluding hydrogens is 410 g/mol. The summed E-state index contributed by atoms with van der Waals surface area (Å²) in [4.78, 5) is 24.0. The Balaban J connectivity index is 1.73. The smallest absolute Gasteiger partial charge is 0.259 e. The van der Waals surface area contributed by atoms with Crippen molar-refractivity contribution in [2.24, 2.45) is 0 Å². The highest BCUT2D eigenvalue weighted by Crippen LogP contribution is 2.43. The van der Waals surface area contributed by atoms with Gasteiger partial charge in [-0.2, -0.15) is 0 Å². The summed E-state index contributed by atoms with van der Waals surface area (Å²) in [6.07, 6.45) is 4.25. The second-order valence-electron chi connectivity index (χ2n) is 8.25. The minimum absolute atomic E-state index is 0.153. The number of carbonyl (C=O) groups is 1. The van der Waals surface area contributed by atoms with Gasteiger partial charge in [0.05, 0.1) is 16.3 Å². The predicted octanol–water partition coefficient (Wildman–Crippen LogP) is 5.50. The molecule has 1 amide bonds. The van der Waals surface area contributed by atoms with Crippen molar-refractivity contribution in [3.05, 3.63) is 45.9 Å². The Hall–Kier alpha value is -2.28. The van der Waals surface area contributed by atoms with Gasteiger partial charge in [-0.05, 0) is 44.4 Å². The normalized spacial score (nSPS) is 18.8. The van der Waals surface area contributed by atoms with Gasteiger partial charge in [-0.3, -0.25) is 9.78 Å². The van der Waals surface area contributed by atoms with Crippen LogP contribution in [0.1, 0.15) is 65.3 Å². The molecule has 30 heavy (non-hydrogen) atoms. The van der Waals surface area contributed by atoms with Crippen LogP contribution in [0.15, 0.2) is 18.3 Å². The average Bonchev–Trinajstić information content (AvgIpc) is 2.64. The molecule has 0 spiro atoms. The van der Waals surface area contributed by atoms with E-state index in [0.717, 1.165) is 30.7 Å². The van der Waals surface area contributed by atoms with Gasteiger partial charge in [-0.15, -0.1) is 0 Å². The zero-order chi connectivity index (χ0) is 21.5. The van der Waals surface area contributed by atoms with Crippen molar-refractivity contribution in [2.45, 2.75) is 57.8 Å². The maximum Gasteiger partial charge on any atom is 0.259 e. The number of hydrogen-bond donors (Lipinski definition) is 1. The number of halogens is 3. The Morgan fingerprint density at radius 2 is 1.97 bits per heavy atom. The summed E-state index contributed by atoms with van der Waals surface area (Å²) in [5.41, 5.74) is 3.16. The van der Waals surface area contributed by atoms with E-state index in [1.165, 1.54) is 0 Å². The van der Waals surface area contributed by atoms with Crippen LogP contribution in [-0.4, -0.2) is 34.9 Å². The molecule has 0 bridgehead atoms. The van der Waals surface area contributed by atoms with Crippen LogP contribution in [0.4, 0.5) is 20.3 Å². The van der Waals surface area contributed by atoms with Crippen LogP contribution in [0.5, 0.6) is 0 Å². The third-order valence-electron chi connectivity index (χ3n) is 6.05. The van der Waals surface area contributed by atoms with E-state index < -0.39 is 5.92 Å². The number of amides is 1. The van der Waals surface area contributed by atoms with E-state index in [0.29, 0.717) is 27.7 Å². The average molecular weight is 435 g/mol. The minimum atomic E-state index is -2.67. The molecule has 0 atom stereocenters. The molecule has 4 rings (SSSR count). The fourth-order valence-electron chi connectivity index (χ4n) is 4.00. The zero-order valence-electron chi connectivity index (χ0n) is 17.1. The lowest BCUT2D eigenvalue weighted by molar-refractivity contribution is -0.0221. The second-order valence-corrected chi connectivity index (χ2v) is 8.62. The molecule has 0 unspecified atom stereocenters. The van der Waals surface area contributed by atoms with Crippen molar-refractivity contribution in [3.8, 4) is 0 Å². The molecule has 1 saturated carbocycles. The molecule has 1 aliphatic carbocycles. The molecule has 5 nitrogen and oxygen atoms in total. The first kappa shape index (κ1) is 21.0. The van der Waals surface area contributed by atoms with Gasteiger partial charge in [0.15, 0.2) is 0 Å². The number of anilines is 2. The number of aryl methyl sites for hydroxylation is 1. The summed E-state index contributed by atoms with van der Waals surface area (Å²) in [6.45, 7) is 3.95. The third-order valence-corrected chi connectivity index (χ3v) is 6.52. The highest BCUT2D eigenvalue weighted by atomic mass is 35.5. The predicted molar refractivity (Wildman–Crippen MR) is 114 cm³/mol. The second kappa shape index (κ2) is 8.10. The molecule has 2 aliphatic rings. The first-order chi connectivity index (χ1) is 14.2. The Bertz CT molecular complexity index is 968. The largest absolute Gasteiger partial charge is 0.355 e. The number of piperidine rings is 1. The van der Waals surface area contributed by atoms with Gasteiger partial charge >= 0.3 is 0 Å². The number of nitrogens with one attached hydrogen (secondary N) is 1. The van der Waals surface area contributed by atoms with Crippen molar-refractivity contribution in [3.63, 3.8) is 0 Å². The summed E-state index contributed by atoms with van der Waals surface area (Å²) in [5.74, 6) is -2.30. The lowest BCUT2D eigenvalue weighted by Gasteiger charge is -2.35. The maximum atomic E-state index is 13.7. The van der Waals surface area contributed by atoms with Crippen LogP contribution in [-0.2, 0) is 0 Å². The SMILES string of the molecule is Cc1cc(NC(=O)c2c(N3CCC(F)(F)CC3)nc(C3CCC3)c(Cl)c2C)ccn1. The molecule has 3 heterocycles. The van der Waals surface area contributed by atoms with Gasteiger partial charge in [-0.1, -0.05) is 18.0 Å². The third kappa shape index (κ3) is 4.13. The van der Waals surface area contributed by atoms with Crippen LogP contribution >= 0.6 is 11.6 Å². The lowest BCUT2D eigenvalue weighted by atomic mass is 9.82. The maximum absolute atomic E-state index is 13.7. The van der Waals surface area contributed by atoms with Crippen LogP contribution < -0.4 is 10.2 Å². The van der Waals surface area contributed by atoms with Crippen molar-refractivity contribution in [1.29, 1.82) is 0 Å². The zero-order valence-corrected chi connectivity index (χ0v) is 17.9. The van der Waals surface area contributed by atoms with Crippen LogP contribution in [0.2, 0.25) is 5.02 Å². The van der Waals surface area contributed by atoms with Crippen LogP contribution in [0.3, 0.4) is 0 Å². The summed E-state index contributed by atoms with van der Waals surface area (Å²) >= 11 is 6.64. The Morgan fingerprint density at radius 3 is 2.57 bits per heavy atom. The molecule has 0 radical (unpaired) electrons. The molecule has 2 fully saturated rings. The van der Waals surface area contributed by atoms with E-state index in [1.807, 2.05) is 6.92 Å². The van der Waals surface area contributed by atoms with E-state index in [1.54, 1.807) is 30.2 Å². The summed E-state index contributed by atoms with van der Waals surface area (Å²) in [7, 11) is 0. The highest BCUT2D eigenvalue weighted by molar-refractivity contribution is 6.33. The number of pyridine rings is 2. The molecule has 1 N–H and O–H groups in total. The first-order valence-corrected chi connectivity index (χ1v) is 10.7. The molecule has 160 valence electrons. The number of alkyl halides is 2. The summed E-state index contributed by atoms with van der Waals surface area (Å²) in [5, 5.41) is 3.39. The van der Waals surface area contributed by atoms with Crippen molar-refractivity contribution in [2.75, 3.05) is 23.3 Å². The molecule has 1 saturated heterocycles. The summed E-state index contributed by atoms with van der Waals surface area (Å²) < 4.78 is 27.5. The van der Waals surface area contributed by atoms with Gasteiger partial charge in [0.25, 0.3) is 11.8 Å². The van der Waals surface area contributed by atoms with Crippen molar-refractivity contribution in [1.82, 2.24) is 9.97 Å². The number of nitrogens with zero attached hydrogens (tertiary/aromatic N) is 3. The first-order valence-electron chi connectivity index (χ1n) is 10.3. The summed E-state index contributed by atoms with van der Waals surface area (Å²) in [6, 6.07) is 3.48. The molecule has 0 aromatic carbocycles. The fourth-order valence-corrected chi connectivity index (χ4v) is 4.30. The minimum Gasteiger partial charge on any atom is -0.355 e. The van der Waals surface area contributed by atoms with Gasteiger partial charge < -0.3 is 10.2 Å². The van der Waals surface area contributed by atoms with E-state index in [-0.39, 0.29) is 37.8 Å². The van der Waals surface area contributed by atoms with Gasteiger partial charge in [-0.25, -0.2) is 13.8 Å². The van der Waals surface area contributed by atoms with Crippen LogP contribution in [0, 0.1) is 13.8 Å². The monoisotopic (exact) mass is 434 g/mol. The van der Waals surface area contributed by atoms with E-state index in [4.69, 9.17) is 16.6 Å². The van der Waals surface area contributed by atoms with Crippen molar-refractivity contribution >= 4 is 29.0 Å². The Kier molecular flexibility index (Phi) is 5.66. The molecular formula is C22H25ClF2N4O. The highest BCUT2D eigenvalue weighted by Gasteiger charge is 2.37. The van der Waals surface area contributed by atoms with Crippen LogP contribution in [0.25, 0.3) is 0 Å². The molecule has 8 heteroatoms.